The maximum atomic E-state index is 2.50. The Hall–Kier alpha value is -8.72. The first-order valence-electron chi connectivity index (χ1n) is 24.2. The molecule has 0 bridgehead atoms. The van der Waals surface area contributed by atoms with Gasteiger partial charge >= 0.3 is 0 Å². The molecule has 0 spiro atoms. The van der Waals surface area contributed by atoms with Crippen LogP contribution in [0, 0.1) is 0 Å². The van der Waals surface area contributed by atoms with Crippen LogP contribution in [-0.2, 0) is 5.41 Å². The topological polar surface area (TPSA) is 6.48 Å². The van der Waals surface area contributed by atoms with E-state index in [1.807, 2.05) is 0 Å². The van der Waals surface area contributed by atoms with E-state index in [9.17, 15) is 0 Å². The van der Waals surface area contributed by atoms with Gasteiger partial charge in [0.15, 0.2) is 0 Å². The summed E-state index contributed by atoms with van der Waals surface area (Å²) in [5, 5.41) is 20.3. The minimum absolute atomic E-state index is 0.299. The molecule has 69 heavy (non-hydrogen) atoms. The summed E-state index contributed by atoms with van der Waals surface area (Å²) in [7, 11) is 0. The summed E-state index contributed by atoms with van der Waals surface area (Å²) in [5.74, 6) is 0. The van der Waals surface area contributed by atoms with E-state index in [1.54, 1.807) is 0 Å². The molecule has 1 aliphatic carbocycles. The average molecular weight is 877 g/mol. The Bertz CT molecular complexity index is 4110. The summed E-state index contributed by atoms with van der Waals surface area (Å²) < 4.78 is 0. The first-order valence-corrected chi connectivity index (χ1v) is 24.2. The minimum Gasteiger partial charge on any atom is -0.310 e. The average Bonchev–Trinajstić information content (AvgIpc) is 3.62. The third-order valence-corrected chi connectivity index (χ3v) is 15.6. The molecule has 0 aliphatic heterocycles. The number of anilines is 6. The maximum Gasteiger partial charge on any atom is 0.0540 e. The molecule has 2 heteroatoms. The number of hydrogen-bond donors (Lipinski definition) is 0. The van der Waals surface area contributed by atoms with Gasteiger partial charge in [0.05, 0.1) is 11.4 Å². The van der Waals surface area contributed by atoms with Crippen molar-refractivity contribution < 1.29 is 0 Å². The lowest BCUT2D eigenvalue weighted by Crippen LogP contribution is -2.18. The zero-order valence-electron chi connectivity index (χ0n) is 38.3. The predicted octanol–water partition coefficient (Wildman–Crippen LogP) is 19.0. The first kappa shape index (κ1) is 38.4. The van der Waals surface area contributed by atoms with Gasteiger partial charge in [0, 0.05) is 38.9 Å². The highest BCUT2D eigenvalue weighted by atomic mass is 15.2. The van der Waals surface area contributed by atoms with Gasteiger partial charge in [0.1, 0.15) is 0 Å². The van der Waals surface area contributed by atoms with Crippen LogP contribution in [0.2, 0.25) is 0 Å². The molecule has 0 N–H and O–H groups in total. The highest BCUT2D eigenvalue weighted by molar-refractivity contribution is 6.27. The fourth-order valence-corrected chi connectivity index (χ4v) is 12.3. The van der Waals surface area contributed by atoms with Crippen LogP contribution >= 0.6 is 0 Å². The summed E-state index contributed by atoms with van der Waals surface area (Å²) >= 11 is 0. The molecule has 1 aliphatic rings. The van der Waals surface area contributed by atoms with Crippen molar-refractivity contribution in [2.24, 2.45) is 0 Å². The molecular formula is C67H44N2. The molecule has 0 aromatic heterocycles. The third kappa shape index (κ3) is 5.55. The molecular weight excluding hydrogens is 833 g/mol. The number of nitrogens with zero attached hydrogens (tertiary/aromatic N) is 2. The Kier molecular flexibility index (Phi) is 7.87. The van der Waals surface area contributed by atoms with Gasteiger partial charge in [0.2, 0.25) is 0 Å². The number of rotatable bonds is 6. The van der Waals surface area contributed by atoms with Crippen LogP contribution in [0.4, 0.5) is 34.1 Å². The minimum atomic E-state index is -0.299. The van der Waals surface area contributed by atoms with E-state index in [0.717, 1.165) is 22.7 Å². The van der Waals surface area contributed by atoms with Gasteiger partial charge in [-0.3, -0.25) is 0 Å². The molecule has 15 rings (SSSR count). The van der Waals surface area contributed by atoms with Crippen molar-refractivity contribution in [3.63, 3.8) is 0 Å². The van der Waals surface area contributed by atoms with E-state index in [0.29, 0.717) is 0 Å². The van der Waals surface area contributed by atoms with Crippen LogP contribution in [-0.4, -0.2) is 0 Å². The second-order valence-corrected chi connectivity index (χ2v) is 19.7. The summed E-state index contributed by atoms with van der Waals surface area (Å²) in [6.07, 6.45) is 0. The van der Waals surface area contributed by atoms with Crippen LogP contribution in [0.1, 0.15) is 25.0 Å². The lowest BCUT2D eigenvalue weighted by molar-refractivity contribution is 0.660. The summed E-state index contributed by atoms with van der Waals surface area (Å²) in [6.45, 7) is 4.83. The van der Waals surface area contributed by atoms with Crippen LogP contribution < -0.4 is 9.80 Å². The summed E-state index contributed by atoms with van der Waals surface area (Å²) in [6, 6.07) is 86.6. The lowest BCUT2D eigenvalue weighted by atomic mass is 9.82. The van der Waals surface area contributed by atoms with E-state index in [-0.39, 0.29) is 5.41 Å². The van der Waals surface area contributed by atoms with Crippen molar-refractivity contribution in [2.75, 3.05) is 9.80 Å². The molecule has 0 radical (unpaired) electrons. The van der Waals surface area contributed by atoms with Gasteiger partial charge in [-0.25, -0.2) is 0 Å². The van der Waals surface area contributed by atoms with Gasteiger partial charge in [-0.1, -0.05) is 184 Å². The Morgan fingerprint density at radius 2 is 0.580 bits per heavy atom. The fraction of sp³-hybridized carbons (Fsp3) is 0.0448. The van der Waals surface area contributed by atoms with E-state index >= 15 is 0 Å². The maximum absolute atomic E-state index is 2.50. The van der Waals surface area contributed by atoms with Crippen molar-refractivity contribution in [1.82, 2.24) is 0 Å². The van der Waals surface area contributed by atoms with Crippen molar-refractivity contribution in [2.45, 2.75) is 19.3 Å². The van der Waals surface area contributed by atoms with Crippen molar-refractivity contribution >= 4 is 120 Å². The van der Waals surface area contributed by atoms with E-state index in [4.69, 9.17) is 0 Å². The third-order valence-electron chi connectivity index (χ3n) is 15.6. The molecule has 2 nitrogen and oxygen atoms in total. The lowest BCUT2D eigenvalue weighted by Gasteiger charge is -2.30. The van der Waals surface area contributed by atoms with Gasteiger partial charge in [-0.15, -0.1) is 0 Å². The molecule has 0 fully saturated rings. The highest BCUT2D eigenvalue weighted by Gasteiger charge is 2.37. The molecule has 0 atom stereocenters. The summed E-state index contributed by atoms with van der Waals surface area (Å²) in [4.78, 5) is 5.00. The van der Waals surface area contributed by atoms with E-state index in [1.165, 1.54) is 120 Å². The number of benzene rings is 14. The monoisotopic (exact) mass is 876 g/mol. The molecule has 0 unspecified atom stereocenters. The molecule has 14 aromatic rings. The number of fused-ring (bicyclic) bond motifs is 5. The van der Waals surface area contributed by atoms with Crippen LogP contribution in [0.5, 0.6) is 0 Å². The van der Waals surface area contributed by atoms with Crippen molar-refractivity contribution in [3.8, 4) is 11.1 Å². The Morgan fingerprint density at radius 3 is 1.01 bits per heavy atom. The molecule has 14 aromatic carbocycles. The Labute approximate surface area is 400 Å². The largest absolute Gasteiger partial charge is 0.310 e. The van der Waals surface area contributed by atoms with Gasteiger partial charge in [-0.05, 0) is 158 Å². The van der Waals surface area contributed by atoms with E-state index in [2.05, 4.69) is 254 Å². The molecule has 0 saturated carbocycles. The standard InChI is InChI=1S/C67H44N2/c1-67(2)59-39-53(68(51-27-21-41-9-3-5-11-49(41)37-51)61-35-25-47-19-17-43-13-7-15-45-23-31-57(61)65(47)63(43)45)29-33-55(59)56-34-30-54(40-60(56)67)69(52-28-22-42-10-4-6-12-50(42)38-52)62-36-26-48-20-18-44-14-8-16-46-24-32-58(62)66(48)64(44)46/h3-40H,1-2H3. The normalized spacial score (nSPS) is 13.2. The van der Waals surface area contributed by atoms with Gasteiger partial charge in [0.25, 0.3) is 0 Å². The first-order chi connectivity index (χ1) is 33.9. The predicted molar refractivity (Wildman–Crippen MR) is 296 cm³/mol. The quantitative estimate of drug-likeness (QED) is 0.154. The zero-order valence-corrected chi connectivity index (χ0v) is 38.3. The Balaban J connectivity index is 0.914. The van der Waals surface area contributed by atoms with Crippen LogP contribution in [0.3, 0.4) is 0 Å². The van der Waals surface area contributed by atoms with Crippen molar-refractivity contribution in [3.05, 3.63) is 242 Å². The number of hydrogen-bond acceptors (Lipinski definition) is 2. The second kappa shape index (κ2) is 14.2. The second-order valence-electron chi connectivity index (χ2n) is 19.7. The SMILES string of the molecule is CC1(C)c2cc(N(c3ccc4ccccc4c3)c3ccc4ccc5cccc6ccc3c4c56)ccc2-c2ccc(N(c3ccc4ccccc4c3)c3ccc4ccc5cccc6ccc3c4c56)cc21. The van der Waals surface area contributed by atoms with Crippen molar-refractivity contribution in [1.29, 1.82) is 0 Å². The smallest absolute Gasteiger partial charge is 0.0540 e. The highest BCUT2D eigenvalue weighted by Crippen LogP contribution is 2.54. The molecule has 322 valence electrons. The summed E-state index contributed by atoms with van der Waals surface area (Å²) in [5.41, 5.74) is 11.9. The molecule has 0 amide bonds. The zero-order chi connectivity index (χ0) is 45.5. The molecule has 0 heterocycles. The Morgan fingerprint density at radius 1 is 0.261 bits per heavy atom. The fourth-order valence-electron chi connectivity index (χ4n) is 12.3. The van der Waals surface area contributed by atoms with Crippen LogP contribution in [0.15, 0.2) is 231 Å². The van der Waals surface area contributed by atoms with Gasteiger partial charge in [-0.2, -0.15) is 0 Å². The van der Waals surface area contributed by atoms with E-state index < -0.39 is 0 Å². The van der Waals surface area contributed by atoms with Gasteiger partial charge < -0.3 is 9.80 Å². The molecule has 0 saturated heterocycles. The van der Waals surface area contributed by atoms with Crippen LogP contribution in [0.25, 0.3) is 97.3 Å².